The Labute approximate surface area is 121 Å². The Morgan fingerprint density at radius 2 is 1.81 bits per heavy atom. The van der Waals surface area contributed by atoms with Crippen LogP contribution >= 0.6 is 23.5 Å². The Hall–Kier alpha value is 0.395. The van der Waals surface area contributed by atoms with Crippen molar-refractivity contribution in [1.29, 1.82) is 1.34 Å². The fourth-order valence-corrected chi connectivity index (χ4v) is 4.41. The van der Waals surface area contributed by atoms with Crippen molar-refractivity contribution in [2.24, 2.45) is 0 Å². The second-order valence-corrected chi connectivity index (χ2v) is 8.32. The lowest BCUT2D eigenvalue weighted by Gasteiger charge is -2.19. The molecule has 123 valence electrons. The lowest BCUT2D eigenvalue weighted by atomic mass is 9.96. The second-order valence-electron chi connectivity index (χ2n) is 3.90. The molecule has 5 atom stereocenters. The van der Waals surface area contributed by atoms with Gasteiger partial charge in [0.05, 0.1) is 12.7 Å². The summed E-state index contributed by atoms with van der Waals surface area (Å²) in [5.41, 5.74) is 0. The zero-order valence-corrected chi connectivity index (χ0v) is 12.8. The van der Waals surface area contributed by atoms with Crippen LogP contribution < -0.4 is 0 Å². The van der Waals surface area contributed by atoms with Crippen LogP contribution in [-0.4, -0.2) is 58.6 Å². The van der Waals surface area contributed by atoms with Crippen LogP contribution in [0.15, 0.2) is 0 Å². The Balaban J connectivity index is 2.56. The quantitative estimate of drug-likeness (QED) is 0.251. The van der Waals surface area contributed by atoms with Gasteiger partial charge in [-0.3, -0.25) is 4.52 Å². The highest BCUT2D eigenvalue weighted by Gasteiger charge is 2.42. The van der Waals surface area contributed by atoms with Gasteiger partial charge < -0.3 is 29.4 Å². The number of aliphatic hydroxyl groups is 1. The van der Waals surface area contributed by atoms with Crippen LogP contribution in [0, 0.1) is 0 Å². The number of hydrogen-bond acceptors (Lipinski definition) is 8. The summed E-state index contributed by atoms with van der Waals surface area (Å²) in [7, 11) is -15.4. The van der Waals surface area contributed by atoms with Gasteiger partial charge in [0, 0.05) is 6.00 Å². The molecule has 0 aromatic carbocycles. The Kier molecular flexibility index (Phi) is 5.81. The molecule has 1 aliphatic rings. The fraction of sp³-hybridized carbons (Fsp3) is 1.00. The Morgan fingerprint density at radius 3 is 2.29 bits per heavy atom. The van der Waals surface area contributed by atoms with E-state index in [1.54, 1.807) is 0 Å². The van der Waals surface area contributed by atoms with Gasteiger partial charge in [0.25, 0.3) is 0 Å². The van der Waals surface area contributed by atoms with Crippen molar-refractivity contribution < 1.29 is 56.3 Å². The molecule has 1 heterocycles. The lowest BCUT2D eigenvalue weighted by molar-refractivity contribution is -0.00418. The predicted molar refractivity (Wildman–Crippen MR) is 66.3 cm³/mol. The van der Waals surface area contributed by atoms with Crippen molar-refractivity contribution in [3.8, 4) is 0 Å². The zero-order valence-electron chi connectivity index (χ0n) is 11.2. The van der Waals surface area contributed by atoms with Gasteiger partial charge >= 0.3 is 23.5 Å². The van der Waals surface area contributed by atoms with Gasteiger partial charge in [0.1, 0.15) is 13.9 Å². The van der Waals surface area contributed by atoms with E-state index in [4.69, 9.17) is 20.8 Å². The molecule has 1 aliphatic heterocycles. The maximum absolute atomic E-state index is 11.4. The maximum atomic E-state index is 11.4. The standard InChI is InChI=1S/C5H13BO12P3/c6-5-1-3(7)4(16-5)2-15-20(11,12)18-21(13,14)17-19(8,9)10/h3-7H,1-2H2,(H,11,12)(H,13,14)(H2,8,9,10)/t3?,4-,5-/m1/s1/i6D. The third kappa shape index (κ3) is 7.47. The molecule has 0 aromatic heterocycles. The average Bonchev–Trinajstić information content (AvgIpc) is 2.62. The molecule has 1 radical (unpaired) electrons. The van der Waals surface area contributed by atoms with Crippen LogP contribution in [0.5, 0.6) is 0 Å². The molecule has 12 nitrogen and oxygen atoms in total. The summed E-state index contributed by atoms with van der Waals surface area (Å²) in [5.74, 6) is 0. The molecular formula is C5H13BO12P3. The van der Waals surface area contributed by atoms with Crippen LogP contribution in [0.1, 0.15) is 6.42 Å². The number of hydrogen-bond donors (Lipinski definition) is 5. The van der Waals surface area contributed by atoms with Gasteiger partial charge in [-0.25, -0.2) is 13.7 Å². The minimum absolute atomic E-state index is 0.0495. The summed E-state index contributed by atoms with van der Waals surface area (Å²) in [6.07, 6.45) is -2.16. The predicted octanol–water partition coefficient (Wildman–Crippen LogP) is -1.29. The van der Waals surface area contributed by atoms with Crippen LogP contribution in [0.25, 0.3) is 0 Å². The Morgan fingerprint density at radius 1 is 1.19 bits per heavy atom. The van der Waals surface area contributed by atoms with E-state index < -0.39 is 48.3 Å². The second kappa shape index (κ2) is 6.88. The molecule has 5 N–H and O–H groups in total. The van der Waals surface area contributed by atoms with Gasteiger partial charge in [0.2, 0.25) is 0 Å². The molecule has 0 amide bonds. The van der Waals surface area contributed by atoms with Gasteiger partial charge in [-0.05, 0) is 7.76 Å². The van der Waals surface area contributed by atoms with E-state index in [9.17, 15) is 23.7 Å². The molecule has 0 bridgehead atoms. The highest BCUT2D eigenvalue weighted by Crippen LogP contribution is 2.66. The molecule has 0 aromatic rings. The minimum Gasteiger partial charge on any atom is -0.390 e. The highest BCUT2D eigenvalue weighted by atomic mass is 31.3. The minimum atomic E-state index is -5.57. The van der Waals surface area contributed by atoms with Crippen molar-refractivity contribution in [1.82, 2.24) is 0 Å². The summed E-state index contributed by atoms with van der Waals surface area (Å²) in [6, 6.07) is -0.718. The van der Waals surface area contributed by atoms with E-state index in [-0.39, 0.29) is 6.42 Å². The zero-order chi connectivity index (χ0) is 17.2. The normalized spacial score (nSPS) is 33.0. The van der Waals surface area contributed by atoms with Crippen LogP contribution in [0.2, 0.25) is 0 Å². The number of phosphoric acid groups is 3. The smallest absolute Gasteiger partial charge is 0.390 e. The highest BCUT2D eigenvalue weighted by molar-refractivity contribution is 7.66. The first-order valence-corrected chi connectivity index (χ1v) is 9.69. The molecule has 0 aliphatic carbocycles. The average molecular weight is 370 g/mol. The van der Waals surface area contributed by atoms with Crippen LogP contribution in [0.4, 0.5) is 0 Å². The van der Waals surface area contributed by atoms with Gasteiger partial charge in [-0.1, -0.05) is 0 Å². The monoisotopic (exact) mass is 370 g/mol. The van der Waals surface area contributed by atoms with E-state index in [2.05, 4.69) is 13.1 Å². The largest absolute Gasteiger partial charge is 0.490 e. The van der Waals surface area contributed by atoms with Gasteiger partial charge in [-0.15, -0.1) is 0 Å². The molecule has 1 fully saturated rings. The fourth-order valence-electron chi connectivity index (χ4n) is 1.38. The molecular weight excluding hydrogens is 356 g/mol. The van der Waals surface area contributed by atoms with Crippen LogP contribution in [0.3, 0.4) is 0 Å². The van der Waals surface area contributed by atoms with Crippen molar-refractivity contribution in [3.63, 3.8) is 0 Å². The molecule has 0 saturated carbocycles. The molecule has 21 heavy (non-hydrogen) atoms. The SMILES string of the molecule is [2H][B][C@H]1CC(O)[C@@H](COP(=O)(O)OP(=O)(O)OP(=O)(O)O)O1. The first-order chi connectivity index (χ1) is 9.84. The molecule has 3 unspecified atom stereocenters. The van der Waals surface area contributed by atoms with E-state index in [0.717, 1.165) is 7.81 Å². The van der Waals surface area contributed by atoms with Crippen molar-refractivity contribution in [2.45, 2.75) is 24.6 Å². The van der Waals surface area contributed by atoms with Gasteiger partial charge in [-0.2, -0.15) is 8.62 Å². The third-order valence-electron chi connectivity index (χ3n) is 2.07. The first-order valence-electron chi connectivity index (χ1n) is 5.75. The first kappa shape index (κ1) is 17.7. The molecule has 1 rings (SSSR count). The third-order valence-corrected chi connectivity index (χ3v) is 5.87. The topological polar surface area (TPSA) is 189 Å². The molecule has 0 spiro atoms. The summed E-state index contributed by atoms with van der Waals surface area (Å²) >= 11 is 0. The Bertz CT molecular complexity index is 523. The van der Waals surface area contributed by atoms with E-state index in [0.29, 0.717) is 0 Å². The van der Waals surface area contributed by atoms with E-state index >= 15 is 0 Å². The molecule has 16 heteroatoms. The van der Waals surface area contributed by atoms with Crippen LogP contribution in [-0.2, 0) is 31.6 Å². The van der Waals surface area contributed by atoms with Gasteiger partial charge in [0.15, 0.2) is 0 Å². The summed E-state index contributed by atoms with van der Waals surface area (Å²) in [5, 5.41) is 9.52. The van der Waals surface area contributed by atoms with Crippen molar-refractivity contribution in [3.05, 3.63) is 0 Å². The summed E-state index contributed by atoms with van der Waals surface area (Å²) in [6.45, 7) is -0.741. The number of rotatable bonds is 8. The lowest BCUT2D eigenvalue weighted by Crippen LogP contribution is -2.26. The van der Waals surface area contributed by atoms with E-state index in [1.807, 2.05) is 0 Å². The van der Waals surface area contributed by atoms with Crippen molar-refractivity contribution in [2.75, 3.05) is 6.61 Å². The number of phosphoric ester groups is 1. The van der Waals surface area contributed by atoms with E-state index in [1.165, 1.54) is 0 Å². The summed E-state index contributed by atoms with van der Waals surface area (Å²) in [4.78, 5) is 34.8. The number of aliphatic hydroxyl groups excluding tert-OH is 1. The summed E-state index contributed by atoms with van der Waals surface area (Å²) < 4.78 is 56.1. The van der Waals surface area contributed by atoms with Crippen molar-refractivity contribution >= 4 is 31.3 Å². The number of ether oxygens (including phenoxy) is 1. The molecule has 1 saturated heterocycles. The maximum Gasteiger partial charge on any atom is 0.490 e.